The summed E-state index contributed by atoms with van der Waals surface area (Å²) in [4.78, 5) is 44.8. The van der Waals surface area contributed by atoms with Crippen molar-refractivity contribution in [2.75, 3.05) is 13.2 Å². The normalized spacial score (nSPS) is 26.3. The molecule has 0 bridgehead atoms. The van der Waals surface area contributed by atoms with Crippen LogP contribution in [0, 0.1) is 5.92 Å². The number of ketones is 1. The highest BCUT2D eigenvalue weighted by atomic mass is 35.5. The quantitative estimate of drug-likeness (QED) is 0.694. The molecule has 32 heavy (non-hydrogen) atoms. The molecule has 1 aromatic heterocycles. The Hall–Kier alpha value is -2.71. The Morgan fingerprint density at radius 1 is 1.25 bits per heavy atom. The van der Waals surface area contributed by atoms with Gasteiger partial charge in [0.1, 0.15) is 24.8 Å². The molecule has 1 N–H and O–H groups in total. The topological polar surface area (TPSA) is 93.5 Å². The molecular formula is C23H25ClN4O4. The number of Topliss-reactive ketones (excluding diaryl/α,β-unsaturated/α-hetero) is 1. The van der Waals surface area contributed by atoms with E-state index < -0.39 is 23.6 Å². The van der Waals surface area contributed by atoms with Gasteiger partial charge in [0.25, 0.3) is 5.91 Å². The van der Waals surface area contributed by atoms with E-state index in [1.807, 2.05) is 10.6 Å². The summed E-state index contributed by atoms with van der Waals surface area (Å²) in [6.45, 7) is 0.223. The van der Waals surface area contributed by atoms with Gasteiger partial charge in [0.05, 0.1) is 11.7 Å². The Bertz CT molecular complexity index is 1020. The predicted molar refractivity (Wildman–Crippen MR) is 117 cm³/mol. The van der Waals surface area contributed by atoms with Crippen LogP contribution in [0.15, 0.2) is 43.0 Å². The molecule has 2 aromatic rings. The number of nitrogens with zero attached hydrogens (tertiary/aromatic N) is 3. The number of benzene rings is 1. The Morgan fingerprint density at radius 3 is 2.81 bits per heavy atom. The summed E-state index contributed by atoms with van der Waals surface area (Å²) in [5.41, 5.74) is 1.27. The van der Waals surface area contributed by atoms with E-state index in [-0.39, 0.29) is 36.7 Å². The SMILES string of the molecule is O=C(N[C@H](C(=O)N1C[C@H](Cl)[C@H]2OCC(=O)[C@H]21)C1CCCC1)c1cccc(-n2ccnc2)c1. The van der Waals surface area contributed by atoms with E-state index in [9.17, 15) is 14.4 Å². The molecule has 1 aromatic carbocycles. The second kappa shape index (κ2) is 8.67. The number of ether oxygens (including phenoxy) is 1. The van der Waals surface area contributed by atoms with Gasteiger partial charge in [-0.2, -0.15) is 0 Å². The smallest absolute Gasteiger partial charge is 0.252 e. The van der Waals surface area contributed by atoms with Crippen molar-refractivity contribution in [1.82, 2.24) is 19.8 Å². The Labute approximate surface area is 190 Å². The van der Waals surface area contributed by atoms with Gasteiger partial charge in [-0.05, 0) is 37.0 Å². The molecule has 4 atom stereocenters. The standard InChI is InChI=1S/C23H25ClN4O4/c24-17-11-28(20-18(29)12-32-21(17)20)23(31)19(14-4-1-2-5-14)26-22(30)15-6-3-7-16(10-15)27-9-8-25-13-27/h3,6-10,13-14,17,19-21H,1-2,4-5,11-12H2,(H,26,30)/t17-,19-,20+,21+/m0/s1. The number of aromatic nitrogens is 2. The van der Waals surface area contributed by atoms with Crippen LogP contribution in [0.1, 0.15) is 36.0 Å². The molecule has 1 saturated carbocycles. The first-order valence-electron chi connectivity index (χ1n) is 11.0. The monoisotopic (exact) mass is 456 g/mol. The number of hydrogen-bond donors (Lipinski definition) is 1. The number of hydrogen-bond acceptors (Lipinski definition) is 5. The van der Waals surface area contributed by atoms with Crippen LogP contribution in [0.5, 0.6) is 0 Å². The van der Waals surface area contributed by atoms with Crippen molar-refractivity contribution in [2.45, 2.75) is 49.2 Å². The fraction of sp³-hybridized carbons (Fsp3) is 0.478. The number of carbonyl (C=O) groups excluding carboxylic acids is 3. The van der Waals surface area contributed by atoms with Gasteiger partial charge in [-0.15, -0.1) is 11.6 Å². The molecule has 168 valence electrons. The van der Waals surface area contributed by atoms with E-state index in [1.165, 1.54) is 4.90 Å². The van der Waals surface area contributed by atoms with Crippen LogP contribution in [0.2, 0.25) is 0 Å². The average Bonchev–Trinajstić information content (AvgIpc) is 3.59. The average molecular weight is 457 g/mol. The highest BCUT2D eigenvalue weighted by molar-refractivity contribution is 6.22. The van der Waals surface area contributed by atoms with Crippen LogP contribution in [0.3, 0.4) is 0 Å². The summed E-state index contributed by atoms with van der Waals surface area (Å²) in [5.74, 6) is -0.651. The highest BCUT2D eigenvalue weighted by Gasteiger charge is 2.53. The fourth-order valence-corrected chi connectivity index (χ4v) is 5.48. The van der Waals surface area contributed by atoms with E-state index in [4.69, 9.17) is 16.3 Å². The zero-order valence-corrected chi connectivity index (χ0v) is 18.3. The second-order valence-corrected chi connectivity index (χ2v) is 9.27. The van der Waals surface area contributed by atoms with Crippen LogP contribution < -0.4 is 5.32 Å². The lowest BCUT2D eigenvalue weighted by Crippen LogP contribution is -2.54. The Balaban J connectivity index is 1.38. The third-order valence-electron chi connectivity index (χ3n) is 6.74. The fourth-order valence-electron chi connectivity index (χ4n) is 5.12. The molecule has 2 amide bonds. The van der Waals surface area contributed by atoms with Gasteiger partial charge in [0, 0.05) is 30.2 Å². The molecule has 2 saturated heterocycles. The number of likely N-dealkylation sites (tertiary alicyclic amines) is 1. The van der Waals surface area contributed by atoms with Crippen LogP contribution in [0.25, 0.3) is 5.69 Å². The molecule has 8 nitrogen and oxygen atoms in total. The van der Waals surface area contributed by atoms with E-state index in [1.54, 1.807) is 36.9 Å². The van der Waals surface area contributed by atoms with E-state index in [0.717, 1.165) is 31.4 Å². The predicted octanol–water partition coefficient (Wildman–Crippen LogP) is 1.95. The summed E-state index contributed by atoms with van der Waals surface area (Å²) in [7, 11) is 0. The maximum absolute atomic E-state index is 13.6. The minimum Gasteiger partial charge on any atom is -0.366 e. The van der Waals surface area contributed by atoms with Gasteiger partial charge < -0.3 is 19.5 Å². The largest absolute Gasteiger partial charge is 0.366 e. The number of imidazole rings is 1. The number of alkyl halides is 1. The van der Waals surface area contributed by atoms with Gasteiger partial charge in [0.2, 0.25) is 5.91 Å². The van der Waals surface area contributed by atoms with E-state index >= 15 is 0 Å². The third-order valence-corrected chi connectivity index (χ3v) is 7.13. The molecular weight excluding hydrogens is 432 g/mol. The number of nitrogens with one attached hydrogen (secondary N) is 1. The number of carbonyl (C=O) groups is 3. The van der Waals surface area contributed by atoms with Gasteiger partial charge in [-0.1, -0.05) is 18.9 Å². The zero-order chi connectivity index (χ0) is 22.2. The maximum Gasteiger partial charge on any atom is 0.252 e. The highest BCUT2D eigenvalue weighted by Crippen LogP contribution is 2.34. The summed E-state index contributed by atoms with van der Waals surface area (Å²) >= 11 is 6.38. The molecule has 2 aliphatic heterocycles. The zero-order valence-electron chi connectivity index (χ0n) is 17.5. The summed E-state index contributed by atoms with van der Waals surface area (Å²) < 4.78 is 7.33. The number of fused-ring (bicyclic) bond motifs is 1. The van der Waals surface area contributed by atoms with E-state index in [2.05, 4.69) is 10.3 Å². The van der Waals surface area contributed by atoms with Crippen molar-refractivity contribution >= 4 is 29.2 Å². The van der Waals surface area contributed by atoms with Crippen LogP contribution in [-0.2, 0) is 14.3 Å². The molecule has 0 spiro atoms. The first-order chi connectivity index (χ1) is 15.5. The summed E-state index contributed by atoms with van der Waals surface area (Å²) in [6.07, 6.45) is 8.43. The minimum absolute atomic E-state index is 0.0240. The molecule has 3 heterocycles. The molecule has 0 unspecified atom stereocenters. The molecule has 1 aliphatic carbocycles. The molecule has 3 aliphatic rings. The van der Waals surface area contributed by atoms with Gasteiger partial charge >= 0.3 is 0 Å². The lowest BCUT2D eigenvalue weighted by Gasteiger charge is -2.30. The minimum atomic E-state index is -0.696. The van der Waals surface area contributed by atoms with Crippen molar-refractivity contribution in [3.05, 3.63) is 48.5 Å². The van der Waals surface area contributed by atoms with Crippen molar-refractivity contribution in [3.63, 3.8) is 0 Å². The second-order valence-electron chi connectivity index (χ2n) is 8.71. The van der Waals surface area contributed by atoms with Crippen LogP contribution in [-0.4, -0.2) is 68.8 Å². The van der Waals surface area contributed by atoms with Crippen LogP contribution in [0.4, 0.5) is 0 Å². The molecule has 3 fully saturated rings. The first kappa shape index (κ1) is 21.2. The summed E-state index contributed by atoms with van der Waals surface area (Å²) in [6, 6.07) is 5.82. The third kappa shape index (κ3) is 3.82. The number of halogens is 1. The first-order valence-corrected chi connectivity index (χ1v) is 11.4. The van der Waals surface area contributed by atoms with Gasteiger partial charge in [-0.3, -0.25) is 14.4 Å². The van der Waals surface area contributed by atoms with Crippen LogP contribution >= 0.6 is 11.6 Å². The van der Waals surface area contributed by atoms with Crippen molar-refractivity contribution in [3.8, 4) is 5.69 Å². The van der Waals surface area contributed by atoms with Gasteiger partial charge in [0.15, 0.2) is 5.78 Å². The van der Waals surface area contributed by atoms with Crippen molar-refractivity contribution in [1.29, 1.82) is 0 Å². The lowest BCUT2D eigenvalue weighted by atomic mass is 9.95. The van der Waals surface area contributed by atoms with E-state index in [0.29, 0.717) is 5.56 Å². The maximum atomic E-state index is 13.6. The molecule has 0 radical (unpaired) electrons. The lowest BCUT2D eigenvalue weighted by molar-refractivity contribution is -0.139. The van der Waals surface area contributed by atoms with Gasteiger partial charge in [-0.25, -0.2) is 4.98 Å². The van der Waals surface area contributed by atoms with Crippen molar-refractivity contribution in [2.24, 2.45) is 5.92 Å². The van der Waals surface area contributed by atoms with Crippen molar-refractivity contribution < 1.29 is 19.1 Å². The number of amides is 2. The Morgan fingerprint density at radius 2 is 2.06 bits per heavy atom. The molecule has 9 heteroatoms. The molecule has 5 rings (SSSR count). The Kier molecular flexibility index (Phi) is 5.73. The number of rotatable bonds is 5. The summed E-state index contributed by atoms with van der Waals surface area (Å²) in [5, 5.41) is 2.56.